The third kappa shape index (κ3) is 2.36. The first-order valence-electron chi connectivity index (χ1n) is 5.43. The van der Waals surface area contributed by atoms with Crippen molar-refractivity contribution in [3.63, 3.8) is 0 Å². The van der Waals surface area contributed by atoms with Crippen molar-refractivity contribution in [1.82, 2.24) is 4.72 Å². The molecule has 3 N–H and O–H groups in total. The van der Waals surface area contributed by atoms with Gasteiger partial charge >= 0.3 is 0 Å². The van der Waals surface area contributed by atoms with E-state index in [0.717, 1.165) is 24.8 Å². The summed E-state index contributed by atoms with van der Waals surface area (Å²) in [6, 6.07) is 5.04. The lowest BCUT2D eigenvalue weighted by atomic mass is 10.1. The van der Waals surface area contributed by atoms with Crippen LogP contribution in [0.3, 0.4) is 0 Å². The summed E-state index contributed by atoms with van der Waals surface area (Å²) in [5.41, 5.74) is 7.30. The van der Waals surface area contributed by atoms with Crippen LogP contribution in [-0.2, 0) is 16.4 Å². The molecule has 0 aliphatic heterocycles. The van der Waals surface area contributed by atoms with Crippen LogP contribution in [-0.4, -0.2) is 14.5 Å². The van der Waals surface area contributed by atoms with Gasteiger partial charge in [0, 0.05) is 11.7 Å². The summed E-state index contributed by atoms with van der Waals surface area (Å²) in [4.78, 5) is 0.258. The second-order valence-corrected chi connectivity index (χ2v) is 5.82. The summed E-state index contributed by atoms with van der Waals surface area (Å²) in [6.45, 7) is 1.99. The van der Waals surface area contributed by atoms with Crippen molar-refractivity contribution in [2.45, 2.75) is 37.1 Å². The Kier molecular flexibility index (Phi) is 2.90. The van der Waals surface area contributed by atoms with Crippen LogP contribution in [0.25, 0.3) is 0 Å². The van der Waals surface area contributed by atoms with E-state index in [-0.39, 0.29) is 10.9 Å². The zero-order chi connectivity index (χ0) is 11.8. The molecule has 0 aromatic heterocycles. The number of nitrogens with one attached hydrogen (secondary N) is 1. The maximum atomic E-state index is 11.9. The molecule has 1 aliphatic carbocycles. The van der Waals surface area contributed by atoms with Gasteiger partial charge in [-0.3, -0.25) is 0 Å². The van der Waals surface area contributed by atoms with Crippen LogP contribution >= 0.6 is 0 Å². The molecule has 4 nitrogen and oxygen atoms in total. The Bertz CT molecular complexity index is 493. The third-order valence-corrected chi connectivity index (χ3v) is 4.23. The van der Waals surface area contributed by atoms with Gasteiger partial charge in [0.2, 0.25) is 10.0 Å². The third-order valence-electron chi connectivity index (χ3n) is 2.71. The Morgan fingerprint density at radius 1 is 1.44 bits per heavy atom. The maximum absolute atomic E-state index is 11.9. The Morgan fingerprint density at radius 3 is 2.62 bits per heavy atom. The molecule has 0 unspecified atom stereocenters. The number of hydrogen-bond acceptors (Lipinski definition) is 3. The molecule has 1 aromatic rings. The normalized spacial score (nSPS) is 16.3. The van der Waals surface area contributed by atoms with E-state index in [0.29, 0.717) is 5.69 Å². The van der Waals surface area contributed by atoms with Gasteiger partial charge in [0.15, 0.2) is 0 Å². The van der Waals surface area contributed by atoms with Gasteiger partial charge in [0.05, 0.1) is 4.90 Å². The molecule has 0 saturated heterocycles. The maximum Gasteiger partial charge on any atom is 0.240 e. The van der Waals surface area contributed by atoms with E-state index in [1.165, 1.54) is 6.07 Å². The molecule has 0 amide bonds. The van der Waals surface area contributed by atoms with Crippen LogP contribution in [0.15, 0.2) is 23.1 Å². The van der Waals surface area contributed by atoms with Crippen LogP contribution in [0, 0.1) is 0 Å². The van der Waals surface area contributed by atoms with E-state index >= 15 is 0 Å². The number of aryl methyl sites for hydroxylation is 1. The molecule has 2 rings (SSSR count). The van der Waals surface area contributed by atoms with Crippen LogP contribution in [0.4, 0.5) is 5.69 Å². The van der Waals surface area contributed by atoms with Crippen molar-refractivity contribution in [2.75, 3.05) is 5.73 Å². The standard InChI is InChI=1S/C11H16N2O2S/c1-2-8-3-6-10(7-11(8)12)16(14,15)13-9-4-5-9/h3,6-7,9,13H,2,4-5,12H2,1H3. The molecule has 0 radical (unpaired) electrons. The zero-order valence-electron chi connectivity index (χ0n) is 9.23. The number of nitrogens with two attached hydrogens (primary N) is 1. The summed E-state index contributed by atoms with van der Waals surface area (Å²) < 4.78 is 26.4. The lowest BCUT2D eigenvalue weighted by molar-refractivity contribution is 0.581. The Hall–Kier alpha value is -1.07. The SMILES string of the molecule is CCc1ccc(S(=O)(=O)NC2CC2)cc1N. The van der Waals surface area contributed by atoms with E-state index in [4.69, 9.17) is 5.73 Å². The summed E-state index contributed by atoms with van der Waals surface area (Å²) in [6.07, 6.45) is 2.67. The van der Waals surface area contributed by atoms with Crippen molar-refractivity contribution in [2.24, 2.45) is 0 Å². The topological polar surface area (TPSA) is 72.2 Å². The minimum Gasteiger partial charge on any atom is -0.398 e. The van der Waals surface area contributed by atoms with Crippen LogP contribution in [0.5, 0.6) is 0 Å². The number of rotatable bonds is 4. The summed E-state index contributed by atoms with van der Waals surface area (Å²) in [5.74, 6) is 0. The molecule has 16 heavy (non-hydrogen) atoms. The first-order valence-corrected chi connectivity index (χ1v) is 6.92. The predicted molar refractivity (Wildman–Crippen MR) is 63.6 cm³/mol. The second-order valence-electron chi connectivity index (χ2n) is 4.11. The molecule has 0 spiro atoms. The minimum atomic E-state index is -3.37. The average molecular weight is 240 g/mol. The van der Waals surface area contributed by atoms with E-state index in [1.54, 1.807) is 12.1 Å². The highest BCUT2D eigenvalue weighted by Gasteiger charge is 2.28. The van der Waals surface area contributed by atoms with E-state index < -0.39 is 10.0 Å². The largest absolute Gasteiger partial charge is 0.398 e. The fraction of sp³-hybridized carbons (Fsp3) is 0.455. The molecular formula is C11H16N2O2S. The van der Waals surface area contributed by atoms with Gasteiger partial charge in [-0.1, -0.05) is 13.0 Å². The van der Waals surface area contributed by atoms with E-state index in [9.17, 15) is 8.42 Å². The quantitative estimate of drug-likeness (QED) is 0.778. The fourth-order valence-electron chi connectivity index (χ4n) is 1.55. The van der Waals surface area contributed by atoms with E-state index in [2.05, 4.69) is 4.72 Å². The average Bonchev–Trinajstić information content (AvgIpc) is 3.01. The van der Waals surface area contributed by atoms with Crippen molar-refractivity contribution in [3.05, 3.63) is 23.8 Å². The van der Waals surface area contributed by atoms with Gasteiger partial charge in [0.25, 0.3) is 0 Å². The number of anilines is 1. The van der Waals surface area contributed by atoms with Crippen molar-refractivity contribution in [3.8, 4) is 0 Å². The number of hydrogen-bond donors (Lipinski definition) is 2. The zero-order valence-corrected chi connectivity index (χ0v) is 10.0. The molecule has 88 valence electrons. The van der Waals surface area contributed by atoms with Crippen LogP contribution < -0.4 is 10.5 Å². The monoisotopic (exact) mass is 240 g/mol. The first kappa shape index (κ1) is 11.4. The molecule has 1 aromatic carbocycles. The van der Waals surface area contributed by atoms with E-state index in [1.807, 2.05) is 6.92 Å². The highest BCUT2D eigenvalue weighted by atomic mass is 32.2. The summed E-state index contributed by atoms with van der Waals surface area (Å²) in [7, 11) is -3.37. The minimum absolute atomic E-state index is 0.122. The Balaban J connectivity index is 2.29. The lowest BCUT2D eigenvalue weighted by Gasteiger charge is -2.08. The molecule has 1 aliphatic rings. The van der Waals surface area contributed by atoms with Gasteiger partial charge in [-0.25, -0.2) is 13.1 Å². The molecule has 1 fully saturated rings. The highest BCUT2D eigenvalue weighted by molar-refractivity contribution is 7.89. The van der Waals surface area contributed by atoms with Crippen LogP contribution in [0.1, 0.15) is 25.3 Å². The van der Waals surface area contributed by atoms with Crippen LogP contribution in [0.2, 0.25) is 0 Å². The number of nitrogen functional groups attached to an aromatic ring is 1. The predicted octanol–water partition coefficient (Wildman–Crippen LogP) is 1.27. The van der Waals surface area contributed by atoms with Crippen molar-refractivity contribution in [1.29, 1.82) is 0 Å². The van der Waals surface area contributed by atoms with Crippen molar-refractivity contribution < 1.29 is 8.42 Å². The highest BCUT2D eigenvalue weighted by Crippen LogP contribution is 2.24. The smallest absolute Gasteiger partial charge is 0.240 e. The lowest BCUT2D eigenvalue weighted by Crippen LogP contribution is -2.25. The summed E-state index contributed by atoms with van der Waals surface area (Å²) in [5, 5.41) is 0. The fourth-order valence-corrected chi connectivity index (χ4v) is 2.89. The Morgan fingerprint density at radius 2 is 2.12 bits per heavy atom. The van der Waals surface area contributed by atoms with Gasteiger partial charge in [-0.05, 0) is 37.0 Å². The molecule has 1 saturated carbocycles. The molecular weight excluding hydrogens is 224 g/mol. The molecule has 0 heterocycles. The number of benzene rings is 1. The molecule has 0 atom stereocenters. The first-order chi connectivity index (χ1) is 7.53. The Labute approximate surface area is 95.9 Å². The van der Waals surface area contributed by atoms with Gasteiger partial charge in [-0.2, -0.15) is 0 Å². The van der Waals surface area contributed by atoms with Gasteiger partial charge in [-0.15, -0.1) is 0 Å². The van der Waals surface area contributed by atoms with Gasteiger partial charge < -0.3 is 5.73 Å². The second kappa shape index (κ2) is 4.07. The summed E-state index contributed by atoms with van der Waals surface area (Å²) >= 11 is 0. The number of sulfonamides is 1. The molecule has 5 heteroatoms. The van der Waals surface area contributed by atoms with Crippen molar-refractivity contribution >= 4 is 15.7 Å². The molecule has 0 bridgehead atoms. The van der Waals surface area contributed by atoms with Gasteiger partial charge in [0.1, 0.15) is 0 Å².